The predicted octanol–water partition coefficient (Wildman–Crippen LogP) is 1.74. The second-order valence-electron chi connectivity index (χ2n) is 5.75. The summed E-state index contributed by atoms with van der Waals surface area (Å²) in [6.07, 6.45) is -0.496. The van der Waals surface area contributed by atoms with Crippen LogP contribution in [0.1, 0.15) is 37.9 Å². The van der Waals surface area contributed by atoms with Gasteiger partial charge in [0, 0.05) is 11.1 Å². The van der Waals surface area contributed by atoms with Gasteiger partial charge in [-0.05, 0) is 26.8 Å². The molecule has 7 heteroatoms. The molecule has 4 N–H and O–H groups in total. The van der Waals surface area contributed by atoms with Gasteiger partial charge in [-0.2, -0.15) is 0 Å². The van der Waals surface area contributed by atoms with Gasteiger partial charge in [-0.25, -0.2) is 4.79 Å². The van der Waals surface area contributed by atoms with E-state index in [1.165, 1.54) is 0 Å². The summed E-state index contributed by atoms with van der Waals surface area (Å²) < 4.78 is 10.7. The fourth-order valence-corrected chi connectivity index (χ4v) is 2.00. The number of amides is 1. The number of carbonyl (C=O) groups is 1. The second kappa shape index (κ2) is 5.51. The van der Waals surface area contributed by atoms with Gasteiger partial charge in [0.25, 0.3) is 0 Å². The topological polar surface area (TPSA) is 106 Å². The van der Waals surface area contributed by atoms with E-state index in [9.17, 15) is 4.79 Å². The quantitative estimate of drug-likeness (QED) is 0.333. The summed E-state index contributed by atoms with van der Waals surface area (Å²) in [4.78, 5) is 11.8. The molecule has 1 aromatic carbocycles. The van der Waals surface area contributed by atoms with Crippen LogP contribution in [-0.2, 0) is 4.74 Å². The standard InChI is InChI=1S/C14H19N3O4/c1-14(2,3)21-13(18)16-10-7-20-11-6-8(12(15)17-19)4-5-9(10)11/h4-6,10,19H,7H2,1-3H3,(H2,15,17)(H,16,18). The van der Waals surface area contributed by atoms with Gasteiger partial charge in [0.2, 0.25) is 0 Å². The third-order valence-corrected chi connectivity index (χ3v) is 2.89. The van der Waals surface area contributed by atoms with Crippen LogP contribution in [0.15, 0.2) is 23.4 Å². The monoisotopic (exact) mass is 293 g/mol. The molecular formula is C14H19N3O4. The van der Waals surface area contributed by atoms with Crippen LogP contribution in [0.5, 0.6) is 5.75 Å². The maximum absolute atomic E-state index is 11.8. The number of oxime groups is 1. The third kappa shape index (κ3) is 3.56. The van der Waals surface area contributed by atoms with E-state index in [0.717, 1.165) is 5.56 Å². The maximum Gasteiger partial charge on any atom is 0.408 e. The Kier molecular flexibility index (Phi) is 3.93. The normalized spacial score (nSPS) is 17.9. The second-order valence-corrected chi connectivity index (χ2v) is 5.75. The summed E-state index contributed by atoms with van der Waals surface area (Å²) in [6.45, 7) is 5.72. The van der Waals surface area contributed by atoms with Crippen molar-refractivity contribution in [3.63, 3.8) is 0 Å². The van der Waals surface area contributed by atoms with E-state index in [1.54, 1.807) is 39.0 Å². The van der Waals surface area contributed by atoms with Gasteiger partial charge >= 0.3 is 6.09 Å². The Balaban J connectivity index is 2.11. The lowest BCUT2D eigenvalue weighted by Gasteiger charge is -2.21. The van der Waals surface area contributed by atoms with Crippen molar-refractivity contribution < 1.29 is 19.5 Å². The van der Waals surface area contributed by atoms with Crippen LogP contribution >= 0.6 is 0 Å². The highest BCUT2D eigenvalue weighted by molar-refractivity contribution is 5.97. The molecule has 1 atom stereocenters. The van der Waals surface area contributed by atoms with Gasteiger partial charge in [-0.3, -0.25) is 0 Å². The summed E-state index contributed by atoms with van der Waals surface area (Å²) in [5.41, 5.74) is 6.35. The molecule has 0 aromatic heterocycles. The van der Waals surface area contributed by atoms with E-state index >= 15 is 0 Å². The highest BCUT2D eigenvalue weighted by Crippen LogP contribution is 2.33. The van der Waals surface area contributed by atoms with Crippen LogP contribution in [0.3, 0.4) is 0 Å². The minimum Gasteiger partial charge on any atom is -0.491 e. The summed E-state index contributed by atoms with van der Waals surface area (Å²) in [6, 6.07) is 4.86. The van der Waals surface area contributed by atoms with E-state index in [2.05, 4.69) is 10.5 Å². The molecule has 1 aliphatic rings. The molecule has 0 fully saturated rings. The molecule has 0 radical (unpaired) electrons. The zero-order valence-corrected chi connectivity index (χ0v) is 12.2. The van der Waals surface area contributed by atoms with Crippen LogP contribution < -0.4 is 15.8 Å². The van der Waals surface area contributed by atoms with E-state index < -0.39 is 11.7 Å². The van der Waals surface area contributed by atoms with Gasteiger partial charge in [-0.1, -0.05) is 17.3 Å². The van der Waals surface area contributed by atoms with E-state index in [-0.39, 0.29) is 11.9 Å². The summed E-state index contributed by atoms with van der Waals surface area (Å²) >= 11 is 0. The number of hydrogen-bond acceptors (Lipinski definition) is 5. The molecular weight excluding hydrogens is 274 g/mol. The van der Waals surface area contributed by atoms with Crippen molar-refractivity contribution in [2.45, 2.75) is 32.4 Å². The minimum atomic E-state index is -0.553. The Labute approximate surface area is 122 Å². The Morgan fingerprint density at radius 1 is 1.52 bits per heavy atom. The predicted molar refractivity (Wildman–Crippen MR) is 76.6 cm³/mol. The molecule has 0 bridgehead atoms. The molecule has 1 unspecified atom stereocenters. The molecule has 114 valence electrons. The van der Waals surface area contributed by atoms with Gasteiger partial charge < -0.3 is 25.7 Å². The van der Waals surface area contributed by atoms with Crippen LogP contribution in [-0.4, -0.2) is 29.3 Å². The molecule has 0 aliphatic carbocycles. The van der Waals surface area contributed by atoms with E-state index in [0.29, 0.717) is 17.9 Å². The van der Waals surface area contributed by atoms with E-state index in [4.69, 9.17) is 20.4 Å². The number of amidine groups is 1. The average Bonchev–Trinajstić information content (AvgIpc) is 2.78. The van der Waals surface area contributed by atoms with Crippen molar-refractivity contribution >= 4 is 11.9 Å². The molecule has 1 aliphatic heterocycles. The smallest absolute Gasteiger partial charge is 0.408 e. The zero-order chi connectivity index (χ0) is 15.6. The zero-order valence-electron chi connectivity index (χ0n) is 12.2. The Morgan fingerprint density at radius 2 is 2.24 bits per heavy atom. The van der Waals surface area contributed by atoms with Crippen molar-refractivity contribution in [3.05, 3.63) is 29.3 Å². The number of alkyl carbamates (subject to hydrolysis) is 1. The Morgan fingerprint density at radius 3 is 2.86 bits per heavy atom. The van der Waals surface area contributed by atoms with Crippen molar-refractivity contribution in [1.29, 1.82) is 0 Å². The number of nitrogens with zero attached hydrogens (tertiary/aromatic N) is 1. The summed E-state index contributed by atoms with van der Waals surface area (Å²) in [7, 11) is 0. The summed E-state index contributed by atoms with van der Waals surface area (Å²) in [5.74, 6) is 0.602. The van der Waals surface area contributed by atoms with Crippen molar-refractivity contribution in [2.75, 3.05) is 6.61 Å². The van der Waals surface area contributed by atoms with E-state index in [1.807, 2.05) is 0 Å². The number of nitrogens with two attached hydrogens (primary N) is 1. The van der Waals surface area contributed by atoms with Crippen molar-refractivity contribution in [3.8, 4) is 5.75 Å². The lowest BCUT2D eigenvalue weighted by atomic mass is 10.1. The fraction of sp³-hybridized carbons (Fsp3) is 0.429. The number of rotatable bonds is 2. The lowest BCUT2D eigenvalue weighted by molar-refractivity contribution is 0.0497. The average molecular weight is 293 g/mol. The molecule has 0 spiro atoms. The first-order valence-electron chi connectivity index (χ1n) is 6.54. The molecule has 2 rings (SSSR count). The van der Waals surface area contributed by atoms with Crippen molar-refractivity contribution in [2.24, 2.45) is 10.9 Å². The number of carbonyl (C=O) groups excluding carboxylic acids is 1. The number of hydrogen-bond donors (Lipinski definition) is 3. The van der Waals surface area contributed by atoms with Crippen LogP contribution in [0, 0.1) is 0 Å². The lowest BCUT2D eigenvalue weighted by Crippen LogP contribution is -2.35. The molecule has 1 heterocycles. The van der Waals surface area contributed by atoms with Crippen molar-refractivity contribution in [1.82, 2.24) is 5.32 Å². The third-order valence-electron chi connectivity index (χ3n) is 2.89. The summed E-state index contributed by atoms with van der Waals surface area (Å²) in [5, 5.41) is 14.4. The largest absolute Gasteiger partial charge is 0.491 e. The van der Waals surface area contributed by atoms with Crippen LogP contribution in [0.4, 0.5) is 4.79 Å². The van der Waals surface area contributed by atoms with Gasteiger partial charge in [0.05, 0.1) is 6.04 Å². The fourth-order valence-electron chi connectivity index (χ4n) is 2.00. The molecule has 1 amide bonds. The number of benzene rings is 1. The van der Waals surface area contributed by atoms with Gasteiger partial charge in [0.15, 0.2) is 5.84 Å². The minimum absolute atomic E-state index is 0.00458. The molecule has 21 heavy (non-hydrogen) atoms. The SMILES string of the molecule is CC(C)(C)OC(=O)NC1COc2cc(C(N)=NO)ccc21. The molecule has 7 nitrogen and oxygen atoms in total. The maximum atomic E-state index is 11.8. The van der Waals surface area contributed by atoms with Gasteiger partial charge in [-0.15, -0.1) is 0 Å². The van der Waals surface area contributed by atoms with Crippen LogP contribution in [0.25, 0.3) is 0 Å². The highest BCUT2D eigenvalue weighted by Gasteiger charge is 2.28. The number of fused-ring (bicyclic) bond motifs is 1. The molecule has 0 saturated carbocycles. The highest BCUT2D eigenvalue weighted by atomic mass is 16.6. The number of nitrogens with one attached hydrogen (secondary N) is 1. The molecule has 1 aromatic rings. The number of ether oxygens (including phenoxy) is 2. The first-order valence-corrected chi connectivity index (χ1v) is 6.54. The van der Waals surface area contributed by atoms with Crippen LogP contribution in [0.2, 0.25) is 0 Å². The van der Waals surface area contributed by atoms with Gasteiger partial charge in [0.1, 0.15) is 18.0 Å². The Bertz CT molecular complexity index is 578. The first kappa shape index (κ1) is 15.0. The molecule has 0 saturated heterocycles. The Hall–Kier alpha value is -2.44. The first-order chi connectivity index (χ1) is 9.80.